The zero-order valence-corrected chi connectivity index (χ0v) is 13.3. The van der Waals surface area contributed by atoms with Gasteiger partial charge in [0.05, 0.1) is 11.3 Å². The summed E-state index contributed by atoms with van der Waals surface area (Å²) >= 11 is 0. The summed E-state index contributed by atoms with van der Waals surface area (Å²) in [5.74, 6) is 0.138. The molecule has 0 atom stereocenters. The highest BCUT2D eigenvalue weighted by atomic mass is 16.3. The normalized spacial score (nSPS) is 11.6. The molecule has 0 aliphatic rings. The van der Waals surface area contributed by atoms with Crippen LogP contribution in [0.2, 0.25) is 0 Å². The van der Waals surface area contributed by atoms with Gasteiger partial charge in [0.2, 0.25) is 5.89 Å². The van der Waals surface area contributed by atoms with Gasteiger partial charge in [0.25, 0.3) is 0 Å². The molecule has 0 amide bonds. The van der Waals surface area contributed by atoms with E-state index in [4.69, 9.17) is 4.42 Å². The molecule has 0 bridgehead atoms. The van der Waals surface area contributed by atoms with Crippen molar-refractivity contribution in [3.05, 3.63) is 96.1 Å². The number of hydrogen-bond donors (Lipinski definition) is 0. The second-order valence-corrected chi connectivity index (χ2v) is 5.49. The summed E-state index contributed by atoms with van der Waals surface area (Å²) in [5.41, 5.74) is 2.98. The van der Waals surface area contributed by atoms with Crippen LogP contribution in [0.1, 0.15) is 21.9 Å². The number of oxazole rings is 1. The van der Waals surface area contributed by atoms with Crippen molar-refractivity contribution in [3.63, 3.8) is 0 Å². The second-order valence-electron chi connectivity index (χ2n) is 5.49. The number of pyridine rings is 1. The summed E-state index contributed by atoms with van der Waals surface area (Å²) in [4.78, 5) is 21.8. The molecular weight excluding hydrogens is 312 g/mol. The molecule has 0 aliphatic heterocycles. The fourth-order valence-corrected chi connectivity index (χ4v) is 2.57. The van der Waals surface area contributed by atoms with Gasteiger partial charge < -0.3 is 4.42 Å². The number of Topliss-reactive ketones (excluding diaryl/α,β-unsaturated/α-hetero) is 1. The molecule has 0 radical (unpaired) electrons. The molecule has 0 saturated heterocycles. The van der Waals surface area contributed by atoms with E-state index in [2.05, 4.69) is 9.97 Å². The molecule has 0 N–H and O–H groups in total. The molecule has 120 valence electrons. The van der Waals surface area contributed by atoms with Crippen LogP contribution >= 0.6 is 0 Å². The Balaban J connectivity index is 1.86. The summed E-state index contributed by atoms with van der Waals surface area (Å²) in [6, 6.07) is 22.1. The second kappa shape index (κ2) is 6.53. The highest BCUT2D eigenvalue weighted by molar-refractivity contribution is 6.31. The number of carbonyl (C=O) groups excluding carboxylic acids is 1. The van der Waals surface area contributed by atoms with Crippen LogP contribution in [0.25, 0.3) is 22.7 Å². The van der Waals surface area contributed by atoms with Crippen molar-refractivity contribution in [2.75, 3.05) is 0 Å². The summed E-state index contributed by atoms with van der Waals surface area (Å²) in [6.07, 6.45) is 3.39. The average Bonchev–Trinajstić information content (AvgIpc) is 3.11. The number of ketones is 1. The number of para-hydroxylation sites is 2. The first-order valence-corrected chi connectivity index (χ1v) is 7.90. The van der Waals surface area contributed by atoms with Crippen LogP contribution in [-0.4, -0.2) is 15.8 Å². The molecule has 0 spiro atoms. The van der Waals surface area contributed by atoms with Crippen molar-refractivity contribution in [1.82, 2.24) is 9.97 Å². The van der Waals surface area contributed by atoms with E-state index >= 15 is 0 Å². The van der Waals surface area contributed by atoms with Gasteiger partial charge in [-0.2, -0.15) is 0 Å². The molecule has 25 heavy (non-hydrogen) atoms. The zero-order chi connectivity index (χ0) is 17.1. The maximum Gasteiger partial charge on any atom is 0.231 e. The number of allylic oxidation sites excluding steroid dienone is 1. The number of carbonyl (C=O) groups is 1. The van der Waals surface area contributed by atoms with Crippen molar-refractivity contribution >= 4 is 28.5 Å². The van der Waals surface area contributed by atoms with E-state index in [1.54, 1.807) is 24.4 Å². The fraction of sp³-hybridized carbons (Fsp3) is 0. The highest BCUT2D eigenvalue weighted by Crippen LogP contribution is 2.25. The number of nitrogens with zero attached hydrogens (tertiary/aromatic N) is 2. The van der Waals surface area contributed by atoms with E-state index in [0.717, 1.165) is 0 Å². The van der Waals surface area contributed by atoms with Crippen LogP contribution in [-0.2, 0) is 0 Å². The highest BCUT2D eigenvalue weighted by Gasteiger charge is 2.20. The largest absolute Gasteiger partial charge is 0.436 e. The Labute approximate surface area is 144 Å². The van der Waals surface area contributed by atoms with E-state index in [1.165, 1.54) is 0 Å². The van der Waals surface area contributed by atoms with Crippen LogP contribution in [0, 0.1) is 0 Å². The van der Waals surface area contributed by atoms with E-state index in [1.807, 2.05) is 60.7 Å². The molecule has 4 aromatic rings. The standard InChI is InChI=1S/C21H14N2O2/c24-20(15-8-2-1-3-9-15)17(14-16-10-6-7-13-22-16)21-23-18-11-4-5-12-19(18)25-21/h1-14H. The van der Waals surface area contributed by atoms with Crippen molar-refractivity contribution in [2.24, 2.45) is 0 Å². The number of fused-ring (bicyclic) bond motifs is 1. The summed E-state index contributed by atoms with van der Waals surface area (Å²) in [7, 11) is 0. The maximum absolute atomic E-state index is 13.0. The smallest absolute Gasteiger partial charge is 0.231 e. The quantitative estimate of drug-likeness (QED) is 0.405. The van der Waals surface area contributed by atoms with E-state index < -0.39 is 0 Å². The fourth-order valence-electron chi connectivity index (χ4n) is 2.57. The van der Waals surface area contributed by atoms with Gasteiger partial charge in [-0.05, 0) is 30.3 Å². The minimum atomic E-state index is -0.155. The number of benzene rings is 2. The van der Waals surface area contributed by atoms with Gasteiger partial charge in [-0.1, -0.05) is 48.5 Å². The predicted octanol–water partition coefficient (Wildman–Crippen LogP) is 4.65. The SMILES string of the molecule is O=C(C(=Cc1ccccn1)c1nc2ccccc2o1)c1ccccc1. The molecule has 4 nitrogen and oxygen atoms in total. The predicted molar refractivity (Wildman–Crippen MR) is 96.9 cm³/mol. The van der Waals surface area contributed by atoms with Gasteiger partial charge in [-0.3, -0.25) is 9.78 Å². The Morgan fingerprint density at radius 3 is 2.40 bits per heavy atom. The maximum atomic E-state index is 13.0. The molecule has 0 unspecified atom stereocenters. The molecule has 4 rings (SSSR count). The lowest BCUT2D eigenvalue weighted by atomic mass is 10.0. The van der Waals surface area contributed by atoms with Gasteiger partial charge >= 0.3 is 0 Å². The van der Waals surface area contributed by atoms with Crippen LogP contribution in [0.3, 0.4) is 0 Å². The van der Waals surface area contributed by atoms with E-state index in [9.17, 15) is 4.79 Å². The van der Waals surface area contributed by atoms with Gasteiger partial charge in [0, 0.05) is 11.8 Å². The Hall–Kier alpha value is -3.53. The first-order valence-electron chi connectivity index (χ1n) is 7.90. The summed E-state index contributed by atoms with van der Waals surface area (Å²) < 4.78 is 5.82. The monoisotopic (exact) mass is 326 g/mol. The topological polar surface area (TPSA) is 56.0 Å². The zero-order valence-electron chi connectivity index (χ0n) is 13.3. The first kappa shape index (κ1) is 15.0. The minimum Gasteiger partial charge on any atom is -0.436 e. The molecule has 4 heteroatoms. The number of aromatic nitrogens is 2. The first-order chi connectivity index (χ1) is 12.3. The Kier molecular flexibility index (Phi) is 3.92. The van der Waals surface area contributed by atoms with Gasteiger partial charge in [0.15, 0.2) is 11.4 Å². The third-order valence-corrected chi connectivity index (χ3v) is 3.78. The Bertz CT molecular complexity index is 1020. The van der Waals surface area contributed by atoms with Crippen molar-refractivity contribution < 1.29 is 9.21 Å². The third-order valence-electron chi connectivity index (χ3n) is 3.78. The number of rotatable bonds is 4. The molecule has 0 saturated carbocycles. The molecule has 2 aromatic heterocycles. The molecule has 0 fully saturated rings. The summed E-state index contributed by atoms with van der Waals surface area (Å²) in [5, 5.41) is 0. The summed E-state index contributed by atoms with van der Waals surface area (Å²) in [6.45, 7) is 0. The Morgan fingerprint density at radius 1 is 0.880 bits per heavy atom. The lowest BCUT2D eigenvalue weighted by Gasteiger charge is -2.03. The molecular formula is C21H14N2O2. The van der Waals surface area contributed by atoms with Gasteiger partial charge in [-0.25, -0.2) is 4.98 Å². The molecule has 2 heterocycles. The van der Waals surface area contributed by atoms with Crippen LogP contribution < -0.4 is 0 Å². The van der Waals surface area contributed by atoms with Gasteiger partial charge in [0.1, 0.15) is 5.52 Å². The van der Waals surface area contributed by atoms with Crippen molar-refractivity contribution in [2.45, 2.75) is 0 Å². The van der Waals surface area contributed by atoms with Crippen molar-refractivity contribution in [1.29, 1.82) is 0 Å². The minimum absolute atomic E-state index is 0.155. The number of hydrogen-bond acceptors (Lipinski definition) is 4. The van der Waals surface area contributed by atoms with Crippen LogP contribution in [0.4, 0.5) is 0 Å². The molecule has 2 aromatic carbocycles. The molecule has 0 aliphatic carbocycles. The van der Waals surface area contributed by atoms with Crippen LogP contribution in [0.5, 0.6) is 0 Å². The lowest BCUT2D eigenvalue weighted by molar-refractivity contribution is 0.105. The Morgan fingerprint density at radius 2 is 1.64 bits per heavy atom. The van der Waals surface area contributed by atoms with E-state index in [-0.39, 0.29) is 5.78 Å². The van der Waals surface area contributed by atoms with Crippen LogP contribution in [0.15, 0.2) is 83.4 Å². The third kappa shape index (κ3) is 3.10. The van der Waals surface area contributed by atoms with Gasteiger partial charge in [-0.15, -0.1) is 0 Å². The average molecular weight is 326 g/mol. The van der Waals surface area contributed by atoms with E-state index in [0.29, 0.717) is 33.8 Å². The lowest BCUT2D eigenvalue weighted by Crippen LogP contribution is -2.03. The van der Waals surface area contributed by atoms with Crippen molar-refractivity contribution in [3.8, 4) is 0 Å².